The standard InChI is InChI=1S/C25H33N3O4.C9H7F3O2/c1-17(2)15-21(27-23(29)20(26)14-13-18-9-5-3-6-10-18)24(30)28-22(25(31)32)16-19-11-7-4-8-12-19;10-9(11,12)8(13)14-6-7-4-2-1-3-5-7/h3-12,17,20-22H,13-16,26H2,1-2H3,(H,27,29)(H,28,30)(H,31,32);1-5H,6H2. The Bertz CT molecular complexity index is 1370. The minimum absolute atomic E-state index is 0.115. The van der Waals surface area contributed by atoms with Crippen molar-refractivity contribution in [3.63, 3.8) is 0 Å². The normalized spacial score (nSPS) is 12.9. The van der Waals surface area contributed by atoms with E-state index in [-0.39, 0.29) is 18.9 Å². The van der Waals surface area contributed by atoms with Crippen LogP contribution in [0, 0.1) is 5.92 Å². The highest BCUT2D eigenvalue weighted by Crippen LogP contribution is 2.17. The number of carboxylic acid groups (broad SMARTS) is 1. The number of rotatable bonds is 14. The lowest BCUT2D eigenvalue weighted by Gasteiger charge is -2.24. The second-order valence-electron chi connectivity index (χ2n) is 11.0. The quantitative estimate of drug-likeness (QED) is 0.188. The number of aliphatic carboxylic acids is 1. The maximum Gasteiger partial charge on any atom is 0.490 e. The number of nitrogens with one attached hydrogen (secondary N) is 2. The SMILES string of the molecule is CC(C)CC(NC(=O)C(N)CCc1ccccc1)C(=O)NC(Cc1ccccc1)C(=O)O.O=C(OCc1ccccc1)C(F)(F)F. The van der Waals surface area contributed by atoms with Crippen LogP contribution in [0.4, 0.5) is 13.2 Å². The number of carbonyl (C=O) groups is 4. The van der Waals surface area contributed by atoms with E-state index in [4.69, 9.17) is 5.73 Å². The largest absolute Gasteiger partial charge is 0.490 e. The molecule has 0 saturated carbocycles. The number of esters is 1. The molecule has 0 heterocycles. The van der Waals surface area contributed by atoms with Gasteiger partial charge < -0.3 is 26.2 Å². The number of nitrogens with two attached hydrogens (primary N) is 1. The number of carboxylic acids is 1. The van der Waals surface area contributed by atoms with Crippen molar-refractivity contribution in [2.24, 2.45) is 11.7 Å². The van der Waals surface area contributed by atoms with E-state index in [1.54, 1.807) is 42.5 Å². The van der Waals surface area contributed by atoms with Gasteiger partial charge in [-0.25, -0.2) is 9.59 Å². The Labute approximate surface area is 266 Å². The molecule has 2 amide bonds. The van der Waals surface area contributed by atoms with Crippen molar-refractivity contribution in [2.45, 2.75) is 70.4 Å². The summed E-state index contributed by atoms with van der Waals surface area (Å²) in [6.45, 7) is 3.50. The van der Waals surface area contributed by atoms with E-state index < -0.39 is 48.1 Å². The second kappa shape index (κ2) is 18.9. The second-order valence-corrected chi connectivity index (χ2v) is 11.0. The van der Waals surface area contributed by atoms with Crippen LogP contribution in [0.5, 0.6) is 0 Å². The Balaban J connectivity index is 0.000000438. The van der Waals surface area contributed by atoms with Crippen molar-refractivity contribution in [2.75, 3.05) is 0 Å². The Kier molecular flexibility index (Phi) is 15.4. The highest BCUT2D eigenvalue weighted by Gasteiger charge is 2.40. The third-order valence-corrected chi connectivity index (χ3v) is 6.61. The first-order valence-electron chi connectivity index (χ1n) is 14.7. The summed E-state index contributed by atoms with van der Waals surface area (Å²) < 4.78 is 39.1. The van der Waals surface area contributed by atoms with Crippen LogP contribution in [0.25, 0.3) is 0 Å². The van der Waals surface area contributed by atoms with Gasteiger partial charge in [-0.3, -0.25) is 9.59 Å². The number of alkyl halides is 3. The van der Waals surface area contributed by atoms with Crippen molar-refractivity contribution in [3.8, 4) is 0 Å². The summed E-state index contributed by atoms with van der Waals surface area (Å²) in [7, 11) is 0. The predicted octanol–water partition coefficient (Wildman–Crippen LogP) is 4.58. The number of hydrogen-bond acceptors (Lipinski definition) is 6. The van der Waals surface area contributed by atoms with Gasteiger partial charge in [0.2, 0.25) is 11.8 Å². The number of carbonyl (C=O) groups excluding carboxylic acids is 3. The van der Waals surface area contributed by atoms with Gasteiger partial charge in [-0.05, 0) is 41.9 Å². The molecule has 3 unspecified atom stereocenters. The summed E-state index contributed by atoms with van der Waals surface area (Å²) in [5.74, 6) is -4.12. The maximum absolute atomic E-state index is 12.9. The third-order valence-electron chi connectivity index (χ3n) is 6.61. The van der Waals surface area contributed by atoms with Gasteiger partial charge in [0.15, 0.2) is 0 Å². The van der Waals surface area contributed by atoms with Crippen LogP contribution in [0.1, 0.15) is 43.4 Å². The molecular formula is C34H40F3N3O6. The van der Waals surface area contributed by atoms with Crippen LogP contribution in [0.3, 0.4) is 0 Å². The zero-order valence-corrected chi connectivity index (χ0v) is 25.7. The summed E-state index contributed by atoms with van der Waals surface area (Å²) in [5, 5.41) is 14.9. The molecule has 0 spiro atoms. The molecule has 5 N–H and O–H groups in total. The van der Waals surface area contributed by atoms with Crippen molar-refractivity contribution in [1.29, 1.82) is 0 Å². The summed E-state index contributed by atoms with van der Waals surface area (Å²) in [6.07, 6.45) is -3.30. The van der Waals surface area contributed by atoms with Crippen LogP contribution in [0.2, 0.25) is 0 Å². The van der Waals surface area contributed by atoms with E-state index in [0.717, 1.165) is 11.1 Å². The monoisotopic (exact) mass is 643 g/mol. The minimum Gasteiger partial charge on any atom is -0.480 e. The first-order chi connectivity index (χ1) is 21.8. The van der Waals surface area contributed by atoms with E-state index in [0.29, 0.717) is 24.8 Å². The molecule has 0 saturated heterocycles. The molecule has 3 atom stereocenters. The van der Waals surface area contributed by atoms with Crippen LogP contribution >= 0.6 is 0 Å². The highest BCUT2D eigenvalue weighted by atomic mass is 19.4. The Hall–Kier alpha value is -4.71. The lowest BCUT2D eigenvalue weighted by molar-refractivity contribution is -0.201. The topological polar surface area (TPSA) is 148 Å². The fourth-order valence-corrected chi connectivity index (χ4v) is 4.21. The average molecular weight is 644 g/mol. The summed E-state index contributed by atoms with van der Waals surface area (Å²) in [6, 6.07) is 24.2. The molecule has 0 aliphatic carbocycles. The van der Waals surface area contributed by atoms with Gasteiger partial charge in [-0.1, -0.05) is 105 Å². The van der Waals surface area contributed by atoms with Crippen molar-refractivity contribution in [1.82, 2.24) is 10.6 Å². The maximum atomic E-state index is 12.9. The molecule has 3 aromatic carbocycles. The molecule has 3 rings (SSSR count). The van der Waals surface area contributed by atoms with Gasteiger partial charge in [-0.2, -0.15) is 13.2 Å². The van der Waals surface area contributed by atoms with Crippen molar-refractivity contribution < 1.29 is 42.2 Å². The van der Waals surface area contributed by atoms with Crippen molar-refractivity contribution >= 4 is 23.8 Å². The molecule has 248 valence electrons. The number of amides is 2. The number of hydrogen-bond donors (Lipinski definition) is 4. The third kappa shape index (κ3) is 14.4. The van der Waals surface area contributed by atoms with E-state index >= 15 is 0 Å². The molecule has 0 aliphatic rings. The Morgan fingerprint density at radius 2 is 1.24 bits per heavy atom. The molecule has 3 aromatic rings. The predicted molar refractivity (Wildman–Crippen MR) is 166 cm³/mol. The van der Waals surface area contributed by atoms with Gasteiger partial charge in [0.05, 0.1) is 6.04 Å². The molecular weight excluding hydrogens is 603 g/mol. The zero-order valence-electron chi connectivity index (χ0n) is 25.7. The fourth-order valence-electron chi connectivity index (χ4n) is 4.21. The highest BCUT2D eigenvalue weighted by molar-refractivity contribution is 5.91. The first-order valence-corrected chi connectivity index (χ1v) is 14.7. The van der Waals surface area contributed by atoms with Gasteiger partial charge in [-0.15, -0.1) is 0 Å². The average Bonchev–Trinajstić information content (AvgIpc) is 3.02. The van der Waals surface area contributed by atoms with Crippen LogP contribution in [-0.4, -0.2) is 53.2 Å². The van der Waals surface area contributed by atoms with E-state index in [9.17, 15) is 37.5 Å². The van der Waals surface area contributed by atoms with Crippen LogP contribution in [-0.2, 0) is 43.4 Å². The zero-order chi connectivity index (χ0) is 34.1. The molecule has 12 heteroatoms. The smallest absolute Gasteiger partial charge is 0.480 e. The van der Waals surface area contributed by atoms with Crippen LogP contribution in [0.15, 0.2) is 91.0 Å². The van der Waals surface area contributed by atoms with Gasteiger partial charge >= 0.3 is 18.1 Å². The molecule has 46 heavy (non-hydrogen) atoms. The lowest BCUT2D eigenvalue weighted by Crippen LogP contribution is -2.55. The summed E-state index contributed by atoms with van der Waals surface area (Å²) in [5.41, 5.74) is 8.46. The number of benzene rings is 3. The Morgan fingerprint density at radius 3 is 1.72 bits per heavy atom. The summed E-state index contributed by atoms with van der Waals surface area (Å²) in [4.78, 5) is 47.5. The molecule has 9 nitrogen and oxygen atoms in total. The molecule has 0 aromatic heterocycles. The molecule has 0 fully saturated rings. The van der Waals surface area contributed by atoms with E-state index in [1.165, 1.54) is 0 Å². The number of aryl methyl sites for hydroxylation is 1. The van der Waals surface area contributed by atoms with Gasteiger partial charge in [0.1, 0.15) is 18.7 Å². The molecule has 0 bridgehead atoms. The van der Waals surface area contributed by atoms with E-state index in [2.05, 4.69) is 15.4 Å². The van der Waals surface area contributed by atoms with Crippen molar-refractivity contribution in [3.05, 3.63) is 108 Å². The lowest BCUT2D eigenvalue weighted by atomic mass is 10.00. The minimum atomic E-state index is -4.92. The fraction of sp³-hybridized carbons (Fsp3) is 0.353. The van der Waals surface area contributed by atoms with Gasteiger partial charge in [0, 0.05) is 6.42 Å². The number of halogens is 3. The number of ether oxygens (including phenoxy) is 1. The molecule has 0 radical (unpaired) electrons. The summed E-state index contributed by atoms with van der Waals surface area (Å²) >= 11 is 0. The first kappa shape index (κ1) is 37.5. The van der Waals surface area contributed by atoms with Crippen LogP contribution < -0.4 is 16.4 Å². The molecule has 0 aliphatic heterocycles. The van der Waals surface area contributed by atoms with E-state index in [1.807, 2.05) is 62.4 Å². The Morgan fingerprint density at radius 1 is 0.761 bits per heavy atom. The van der Waals surface area contributed by atoms with Gasteiger partial charge in [0.25, 0.3) is 0 Å².